The zero-order valence-corrected chi connectivity index (χ0v) is 13.2. The molecule has 0 aromatic heterocycles. The third-order valence-electron chi connectivity index (χ3n) is 3.12. The van der Waals surface area contributed by atoms with Crippen LogP contribution in [0, 0.1) is 11.3 Å². The molecule has 0 radical (unpaired) electrons. The summed E-state index contributed by atoms with van der Waals surface area (Å²) in [6.07, 6.45) is 0.342. The van der Waals surface area contributed by atoms with Crippen molar-refractivity contribution >= 4 is 17.5 Å². The number of nitriles is 1. The number of hydrogen-bond donors (Lipinski definition) is 2. The van der Waals surface area contributed by atoms with E-state index in [9.17, 15) is 9.59 Å². The Balaban J connectivity index is 1.89. The Labute approximate surface area is 140 Å². The van der Waals surface area contributed by atoms with E-state index in [1.807, 2.05) is 6.07 Å². The molecule has 0 aliphatic heterocycles. The Hall–Kier alpha value is -3.33. The van der Waals surface area contributed by atoms with Gasteiger partial charge in [0.25, 0.3) is 0 Å². The van der Waals surface area contributed by atoms with Gasteiger partial charge in [0.15, 0.2) is 0 Å². The average Bonchev–Trinajstić information content (AvgIpc) is 2.62. The first-order valence-electron chi connectivity index (χ1n) is 7.45. The lowest BCUT2D eigenvalue weighted by molar-refractivity contribution is -0.123. The first-order chi connectivity index (χ1) is 11.6. The standard InChI is InChI=1S/C18H17N3O3/c1-2-17(22)20-12-18(23)21-14-5-9-16(10-6-14)24-15-7-3-13(11-19)4-8-15/h3-10H,2,12H2,1H3,(H,20,22)(H,21,23). The number of nitrogens with one attached hydrogen (secondary N) is 2. The van der Waals surface area contributed by atoms with Gasteiger partial charge >= 0.3 is 0 Å². The van der Waals surface area contributed by atoms with Gasteiger partial charge in [0, 0.05) is 12.1 Å². The summed E-state index contributed by atoms with van der Waals surface area (Å²) in [6, 6.07) is 15.7. The molecule has 0 atom stereocenters. The Bertz CT molecular complexity index is 747. The molecule has 0 bridgehead atoms. The van der Waals surface area contributed by atoms with Crippen LogP contribution in [0.3, 0.4) is 0 Å². The van der Waals surface area contributed by atoms with E-state index in [0.717, 1.165) is 0 Å². The molecule has 2 N–H and O–H groups in total. The second-order valence-electron chi connectivity index (χ2n) is 4.94. The van der Waals surface area contributed by atoms with Crippen molar-refractivity contribution in [3.63, 3.8) is 0 Å². The quantitative estimate of drug-likeness (QED) is 0.855. The molecule has 0 unspecified atom stereocenters. The number of ether oxygens (including phenoxy) is 1. The van der Waals surface area contributed by atoms with Crippen LogP contribution in [-0.4, -0.2) is 18.4 Å². The van der Waals surface area contributed by atoms with Crippen molar-refractivity contribution in [3.05, 3.63) is 54.1 Å². The Morgan fingerprint density at radius 3 is 2.12 bits per heavy atom. The van der Waals surface area contributed by atoms with Crippen molar-refractivity contribution in [1.29, 1.82) is 5.26 Å². The molecule has 6 heteroatoms. The van der Waals surface area contributed by atoms with Crippen LogP contribution in [0.1, 0.15) is 18.9 Å². The van der Waals surface area contributed by atoms with Gasteiger partial charge in [0.1, 0.15) is 11.5 Å². The fraction of sp³-hybridized carbons (Fsp3) is 0.167. The van der Waals surface area contributed by atoms with Crippen LogP contribution < -0.4 is 15.4 Å². The maximum atomic E-state index is 11.7. The number of hydrogen-bond acceptors (Lipinski definition) is 4. The maximum absolute atomic E-state index is 11.7. The maximum Gasteiger partial charge on any atom is 0.243 e. The van der Waals surface area contributed by atoms with E-state index in [-0.39, 0.29) is 18.4 Å². The zero-order chi connectivity index (χ0) is 17.4. The van der Waals surface area contributed by atoms with E-state index in [1.54, 1.807) is 55.5 Å². The molecule has 2 rings (SSSR count). The van der Waals surface area contributed by atoms with E-state index >= 15 is 0 Å². The minimum Gasteiger partial charge on any atom is -0.457 e. The lowest BCUT2D eigenvalue weighted by atomic mass is 10.2. The Morgan fingerprint density at radius 1 is 1.00 bits per heavy atom. The molecule has 0 saturated heterocycles. The Morgan fingerprint density at radius 2 is 1.58 bits per heavy atom. The molecule has 0 heterocycles. The molecule has 6 nitrogen and oxygen atoms in total. The summed E-state index contributed by atoms with van der Waals surface area (Å²) in [7, 11) is 0. The molecule has 0 saturated carbocycles. The summed E-state index contributed by atoms with van der Waals surface area (Å²) < 4.78 is 5.65. The molecule has 2 aromatic rings. The monoisotopic (exact) mass is 323 g/mol. The first-order valence-corrected chi connectivity index (χ1v) is 7.45. The highest BCUT2D eigenvalue weighted by atomic mass is 16.5. The summed E-state index contributed by atoms with van der Waals surface area (Å²) in [6.45, 7) is 1.66. The van der Waals surface area contributed by atoms with Gasteiger partial charge in [-0.15, -0.1) is 0 Å². The summed E-state index contributed by atoms with van der Waals surface area (Å²) in [5, 5.41) is 13.9. The zero-order valence-electron chi connectivity index (χ0n) is 13.2. The molecule has 0 spiro atoms. The van der Waals surface area contributed by atoms with Crippen LogP contribution in [0.2, 0.25) is 0 Å². The third-order valence-corrected chi connectivity index (χ3v) is 3.12. The fourth-order valence-electron chi connectivity index (χ4n) is 1.85. The van der Waals surface area contributed by atoms with E-state index in [1.165, 1.54) is 0 Å². The largest absolute Gasteiger partial charge is 0.457 e. The molecule has 0 fully saturated rings. The highest BCUT2D eigenvalue weighted by Crippen LogP contribution is 2.23. The van der Waals surface area contributed by atoms with E-state index in [2.05, 4.69) is 10.6 Å². The number of amides is 2. The molecule has 2 amide bonds. The molecule has 0 aliphatic carbocycles. The van der Waals surface area contributed by atoms with Crippen molar-refractivity contribution in [3.8, 4) is 17.6 Å². The van der Waals surface area contributed by atoms with Crippen LogP contribution >= 0.6 is 0 Å². The lowest BCUT2D eigenvalue weighted by Crippen LogP contribution is -2.32. The normalized spacial score (nSPS) is 9.67. The molecular weight excluding hydrogens is 306 g/mol. The van der Waals surface area contributed by atoms with E-state index in [4.69, 9.17) is 10.00 Å². The molecular formula is C18H17N3O3. The molecule has 122 valence electrons. The van der Waals surface area contributed by atoms with Gasteiger partial charge in [-0.1, -0.05) is 6.92 Å². The van der Waals surface area contributed by atoms with Crippen molar-refractivity contribution in [2.45, 2.75) is 13.3 Å². The second-order valence-corrected chi connectivity index (χ2v) is 4.94. The summed E-state index contributed by atoms with van der Waals surface area (Å²) in [5.41, 5.74) is 1.17. The van der Waals surface area contributed by atoms with Crippen LogP contribution in [-0.2, 0) is 9.59 Å². The minimum absolute atomic E-state index is 0.0594. The number of rotatable bonds is 6. The highest BCUT2D eigenvalue weighted by molar-refractivity contribution is 5.94. The molecule has 0 aliphatic rings. The van der Waals surface area contributed by atoms with Gasteiger partial charge in [-0.25, -0.2) is 0 Å². The molecule has 2 aromatic carbocycles. The number of carbonyl (C=O) groups excluding carboxylic acids is 2. The summed E-state index contributed by atoms with van der Waals surface area (Å²) in [4.78, 5) is 22.8. The van der Waals surface area contributed by atoms with Gasteiger partial charge in [0.05, 0.1) is 18.2 Å². The fourth-order valence-corrected chi connectivity index (χ4v) is 1.85. The Kier molecular flexibility index (Phi) is 5.92. The first kappa shape index (κ1) is 17.0. The number of anilines is 1. The predicted octanol–water partition coefficient (Wildman–Crippen LogP) is 2.82. The summed E-state index contributed by atoms with van der Waals surface area (Å²) >= 11 is 0. The second kappa shape index (κ2) is 8.34. The van der Waals surface area contributed by atoms with Gasteiger partial charge in [-0.2, -0.15) is 5.26 Å². The van der Waals surface area contributed by atoms with Crippen LogP contribution in [0.4, 0.5) is 5.69 Å². The van der Waals surface area contributed by atoms with Crippen molar-refractivity contribution in [2.75, 3.05) is 11.9 Å². The number of benzene rings is 2. The SMILES string of the molecule is CCC(=O)NCC(=O)Nc1ccc(Oc2ccc(C#N)cc2)cc1. The van der Waals surface area contributed by atoms with Gasteiger partial charge in [-0.3, -0.25) is 9.59 Å². The van der Waals surface area contributed by atoms with Crippen molar-refractivity contribution in [2.24, 2.45) is 0 Å². The average molecular weight is 323 g/mol. The van der Waals surface area contributed by atoms with Gasteiger partial charge in [-0.05, 0) is 48.5 Å². The molecule has 24 heavy (non-hydrogen) atoms. The number of nitrogens with zero attached hydrogens (tertiary/aromatic N) is 1. The summed E-state index contributed by atoms with van der Waals surface area (Å²) in [5.74, 6) is 0.763. The number of carbonyl (C=O) groups is 2. The van der Waals surface area contributed by atoms with Gasteiger partial charge in [0.2, 0.25) is 11.8 Å². The highest BCUT2D eigenvalue weighted by Gasteiger charge is 2.05. The minimum atomic E-state index is -0.294. The smallest absolute Gasteiger partial charge is 0.243 e. The third kappa shape index (κ3) is 5.14. The van der Waals surface area contributed by atoms with Crippen molar-refractivity contribution in [1.82, 2.24) is 5.32 Å². The predicted molar refractivity (Wildman–Crippen MR) is 89.6 cm³/mol. The van der Waals surface area contributed by atoms with Crippen LogP contribution in [0.5, 0.6) is 11.5 Å². The lowest BCUT2D eigenvalue weighted by Gasteiger charge is -2.08. The van der Waals surface area contributed by atoms with E-state index in [0.29, 0.717) is 29.2 Å². The topological polar surface area (TPSA) is 91.2 Å². The van der Waals surface area contributed by atoms with E-state index < -0.39 is 0 Å². The van der Waals surface area contributed by atoms with Crippen LogP contribution in [0.25, 0.3) is 0 Å². The van der Waals surface area contributed by atoms with Crippen molar-refractivity contribution < 1.29 is 14.3 Å². The van der Waals surface area contributed by atoms with Crippen LogP contribution in [0.15, 0.2) is 48.5 Å². The van der Waals surface area contributed by atoms with Gasteiger partial charge < -0.3 is 15.4 Å².